The van der Waals surface area contributed by atoms with Gasteiger partial charge < -0.3 is 9.64 Å². The van der Waals surface area contributed by atoms with Crippen LogP contribution >= 0.6 is 0 Å². The van der Waals surface area contributed by atoms with E-state index in [-0.39, 0.29) is 6.10 Å². The Morgan fingerprint density at radius 2 is 2.09 bits per heavy atom. The Balaban J connectivity index is 1.69. The van der Waals surface area contributed by atoms with E-state index in [1.165, 1.54) is 11.1 Å². The van der Waals surface area contributed by atoms with Crippen LogP contribution < -0.4 is 4.90 Å². The van der Waals surface area contributed by atoms with Crippen molar-refractivity contribution < 1.29 is 4.74 Å². The quantitative estimate of drug-likeness (QED) is 0.727. The monoisotopic (exact) mass is 309 g/mol. The average molecular weight is 309 g/mol. The highest BCUT2D eigenvalue weighted by molar-refractivity contribution is 5.48. The molecule has 4 rings (SSSR count). The molecule has 1 saturated heterocycles. The first kappa shape index (κ1) is 14.1. The van der Waals surface area contributed by atoms with Crippen LogP contribution in [0.15, 0.2) is 36.7 Å². The van der Waals surface area contributed by atoms with E-state index in [4.69, 9.17) is 4.74 Å². The average Bonchev–Trinajstić information content (AvgIpc) is 3.03. The zero-order chi connectivity index (χ0) is 15.8. The lowest BCUT2D eigenvalue weighted by Crippen LogP contribution is -2.39. The first-order valence-electron chi connectivity index (χ1n) is 7.82. The smallest absolute Gasteiger partial charge is 0.254 e. The molecule has 1 aromatic carbocycles. The fraction of sp³-hybridized carbons (Fsp3) is 0.353. The van der Waals surface area contributed by atoms with E-state index >= 15 is 0 Å². The lowest BCUT2D eigenvalue weighted by Gasteiger charge is -2.35. The molecule has 0 aliphatic carbocycles. The second-order valence-electron chi connectivity index (χ2n) is 5.89. The van der Waals surface area contributed by atoms with Crippen molar-refractivity contribution in [2.75, 3.05) is 24.6 Å². The summed E-state index contributed by atoms with van der Waals surface area (Å²) in [6.07, 6.45) is 1.61. The molecule has 118 valence electrons. The van der Waals surface area contributed by atoms with Gasteiger partial charge in [-0.05, 0) is 25.0 Å². The van der Waals surface area contributed by atoms with Crippen molar-refractivity contribution in [3.8, 4) is 0 Å². The van der Waals surface area contributed by atoms with Gasteiger partial charge in [-0.25, -0.2) is 4.98 Å². The Labute approximate surface area is 134 Å². The minimum atomic E-state index is 0.0667. The van der Waals surface area contributed by atoms with Gasteiger partial charge in [0.15, 0.2) is 0 Å². The third kappa shape index (κ3) is 2.55. The summed E-state index contributed by atoms with van der Waals surface area (Å²) in [6, 6.07) is 10.5. The van der Waals surface area contributed by atoms with Gasteiger partial charge in [0, 0.05) is 24.8 Å². The van der Waals surface area contributed by atoms with Crippen molar-refractivity contribution in [3.63, 3.8) is 0 Å². The standard InChI is InChI=1S/C17H19N5O/c1-12-5-3-4-6-14(12)15-10-21(7-8-23-15)16-9-13(2)20-17-18-11-19-22(16)17/h3-6,9,11,15H,7-8,10H2,1-2H3. The highest BCUT2D eigenvalue weighted by Crippen LogP contribution is 2.28. The molecule has 0 N–H and O–H groups in total. The summed E-state index contributed by atoms with van der Waals surface area (Å²) in [5.74, 6) is 1.66. The van der Waals surface area contributed by atoms with Gasteiger partial charge in [-0.3, -0.25) is 0 Å². The highest BCUT2D eigenvalue weighted by atomic mass is 16.5. The summed E-state index contributed by atoms with van der Waals surface area (Å²) in [4.78, 5) is 10.9. The van der Waals surface area contributed by atoms with E-state index in [0.717, 1.165) is 24.6 Å². The van der Waals surface area contributed by atoms with Gasteiger partial charge in [0.05, 0.1) is 6.61 Å². The maximum Gasteiger partial charge on any atom is 0.254 e. The number of aryl methyl sites for hydroxylation is 2. The predicted molar refractivity (Wildman–Crippen MR) is 87.6 cm³/mol. The van der Waals surface area contributed by atoms with Gasteiger partial charge in [-0.15, -0.1) is 0 Å². The Morgan fingerprint density at radius 3 is 2.96 bits per heavy atom. The molecule has 0 bridgehead atoms. The first-order valence-corrected chi connectivity index (χ1v) is 7.82. The summed E-state index contributed by atoms with van der Waals surface area (Å²) in [6.45, 7) is 6.43. The molecule has 3 heterocycles. The zero-order valence-electron chi connectivity index (χ0n) is 13.3. The predicted octanol–water partition coefficient (Wildman–Crippen LogP) is 2.32. The van der Waals surface area contributed by atoms with Crippen LogP contribution in [0, 0.1) is 13.8 Å². The van der Waals surface area contributed by atoms with Crippen LogP contribution in [0.25, 0.3) is 5.78 Å². The number of fused-ring (bicyclic) bond motifs is 1. The fourth-order valence-corrected chi connectivity index (χ4v) is 3.13. The highest BCUT2D eigenvalue weighted by Gasteiger charge is 2.25. The molecule has 1 fully saturated rings. The number of ether oxygens (including phenoxy) is 1. The number of hydrogen-bond acceptors (Lipinski definition) is 5. The molecule has 2 aromatic heterocycles. The Bertz CT molecular complexity index is 844. The van der Waals surface area contributed by atoms with E-state index < -0.39 is 0 Å². The van der Waals surface area contributed by atoms with E-state index in [1.807, 2.05) is 6.92 Å². The largest absolute Gasteiger partial charge is 0.370 e. The van der Waals surface area contributed by atoms with E-state index in [1.54, 1.807) is 10.8 Å². The van der Waals surface area contributed by atoms with Gasteiger partial charge in [-0.2, -0.15) is 14.6 Å². The number of aromatic nitrogens is 4. The Kier molecular flexibility index (Phi) is 3.46. The van der Waals surface area contributed by atoms with Crippen LogP contribution in [0.5, 0.6) is 0 Å². The SMILES string of the molecule is Cc1cc(N2CCOC(c3ccccc3C)C2)n2ncnc2n1. The van der Waals surface area contributed by atoms with Crippen LogP contribution in [0.4, 0.5) is 5.82 Å². The molecule has 1 aliphatic rings. The summed E-state index contributed by atoms with van der Waals surface area (Å²) >= 11 is 0. The van der Waals surface area contributed by atoms with Gasteiger partial charge in [0.25, 0.3) is 5.78 Å². The molecule has 23 heavy (non-hydrogen) atoms. The Morgan fingerprint density at radius 1 is 1.22 bits per heavy atom. The van der Waals surface area contributed by atoms with Gasteiger partial charge in [0.2, 0.25) is 0 Å². The van der Waals surface area contributed by atoms with Gasteiger partial charge in [-0.1, -0.05) is 24.3 Å². The van der Waals surface area contributed by atoms with Crippen molar-refractivity contribution in [2.45, 2.75) is 20.0 Å². The molecule has 0 saturated carbocycles. The molecule has 0 radical (unpaired) electrons. The summed E-state index contributed by atoms with van der Waals surface area (Å²) in [5.41, 5.74) is 3.45. The van der Waals surface area contributed by atoms with Crippen LogP contribution in [0.3, 0.4) is 0 Å². The van der Waals surface area contributed by atoms with E-state index in [0.29, 0.717) is 12.4 Å². The van der Waals surface area contributed by atoms with Crippen molar-refractivity contribution in [3.05, 3.63) is 53.5 Å². The summed E-state index contributed by atoms with van der Waals surface area (Å²) in [7, 11) is 0. The minimum absolute atomic E-state index is 0.0667. The molecule has 6 nitrogen and oxygen atoms in total. The van der Waals surface area contributed by atoms with Crippen LogP contribution in [-0.2, 0) is 4.74 Å². The second kappa shape index (κ2) is 5.62. The lowest BCUT2D eigenvalue weighted by atomic mass is 10.0. The van der Waals surface area contributed by atoms with Crippen LogP contribution in [0.1, 0.15) is 22.9 Å². The third-order valence-electron chi connectivity index (χ3n) is 4.29. The molecule has 1 aliphatic heterocycles. The number of hydrogen-bond donors (Lipinski definition) is 0. The summed E-state index contributed by atoms with van der Waals surface area (Å²) < 4.78 is 7.82. The van der Waals surface area contributed by atoms with Crippen LogP contribution in [-0.4, -0.2) is 39.3 Å². The lowest BCUT2D eigenvalue weighted by molar-refractivity contribution is 0.0390. The topological polar surface area (TPSA) is 55.6 Å². The minimum Gasteiger partial charge on any atom is -0.370 e. The van der Waals surface area contributed by atoms with E-state index in [9.17, 15) is 0 Å². The first-order chi connectivity index (χ1) is 11.2. The number of anilines is 1. The second-order valence-corrected chi connectivity index (χ2v) is 5.89. The van der Waals surface area contributed by atoms with Crippen LogP contribution in [0.2, 0.25) is 0 Å². The fourth-order valence-electron chi connectivity index (χ4n) is 3.13. The number of rotatable bonds is 2. The molecule has 0 spiro atoms. The molecule has 1 atom stereocenters. The normalized spacial score (nSPS) is 18.5. The molecule has 6 heteroatoms. The van der Waals surface area contributed by atoms with Crippen molar-refractivity contribution >= 4 is 11.6 Å². The molecular weight excluding hydrogens is 290 g/mol. The third-order valence-corrected chi connectivity index (χ3v) is 4.29. The molecule has 1 unspecified atom stereocenters. The molecule has 3 aromatic rings. The van der Waals surface area contributed by atoms with Crippen molar-refractivity contribution in [1.29, 1.82) is 0 Å². The van der Waals surface area contributed by atoms with Crippen molar-refractivity contribution in [2.24, 2.45) is 0 Å². The number of benzene rings is 1. The van der Waals surface area contributed by atoms with Gasteiger partial charge in [0.1, 0.15) is 18.2 Å². The van der Waals surface area contributed by atoms with E-state index in [2.05, 4.69) is 57.2 Å². The number of nitrogens with zero attached hydrogens (tertiary/aromatic N) is 5. The van der Waals surface area contributed by atoms with Gasteiger partial charge >= 0.3 is 0 Å². The summed E-state index contributed by atoms with van der Waals surface area (Å²) in [5, 5.41) is 4.31. The molecular formula is C17H19N5O. The Hall–Kier alpha value is -2.47. The van der Waals surface area contributed by atoms with Crippen molar-refractivity contribution in [1.82, 2.24) is 19.6 Å². The maximum atomic E-state index is 6.02. The number of morpholine rings is 1. The maximum absolute atomic E-state index is 6.02. The molecule has 0 amide bonds. The zero-order valence-corrected chi connectivity index (χ0v) is 13.3.